The predicted molar refractivity (Wildman–Crippen MR) is 80.0 cm³/mol. The summed E-state index contributed by atoms with van der Waals surface area (Å²) in [5, 5.41) is 9.60. The fourth-order valence-corrected chi connectivity index (χ4v) is 3.59. The summed E-state index contributed by atoms with van der Waals surface area (Å²) >= 11 is 0. The Balaban J connectivity index is 1.71. The number of carbonyl (C=O) groups is 1. The zero-order valence-electron chi connectivity index (χ0n) is 13.4. The van der Waals surface area contributed by atoms with Gasteiger partial charge < -0.3 is 14.7 Å². The summed E-state index contributed by atoms with van der Waals surface area (Å²) in [6.07, 6.45) is 3.82. The van der Waals surface area contributed by atoms with Gasteiger partial charge in [0.2, 0.25) is 0 Å². The van der Waals surface area contributed by atoms with E-state index in [0.29, 0.717) is 17.6 Å². The van der Waals surface area contributed by atoms with Gasteiger partial charge in [0.05, 0.1) is 6.61 Å². The summed E-state index contributed by atoms with van der Waals surface area (Å²) in [6, 6.07) is 9.66. The van der Waals surface area contributed by atoms with Gasteiger partial charge in [-0.05, 0) is 38.3 Å². The third kappa shape index (κ3) is 2.97. The van der Waals surface area contributed by atoms with Gasteiger partial charge in [-0.3, -0.25) is 4.79 Å². The standard InChI is InChI=1S/C17H23NO3/c1-18-13-7-8-14(18)10-15(9-13)21-17(20)16(11-19)12-5-3-2-4-6-12/h2-6,13-16,19H,7-11H2,1H3/t13-,14?,15-,16?/m1/s1/i16D. The Morgan fingerprint density at radius 3 is 2.57 bits per heavy atom. The van der Waals surface area contributed by atoms with E-state index in [1.165, 1.54) is 0 Å². The van der Waals surface area contributed by atoms with Gasteiger partial charge in [-0.15, -0.1) is 0 Å². The summed E-state index contributed by atoms with van der Waals surface area (Å²) in [6.45, 7) is -0.574. The lowest BCUT2D eigenvalue weighted by Gasteiger charge is -2.36. The minimum Gasteiger partial charge on any atom is -0.462 e. The van der Waals surface area contributed by atoms with Crippen LogP contribution in [0.25, 0.3) is 0 Å². The monoisotopic (exact) mass is 290 g/mol. The molecule has 2 unspecified atom stereocenters. The van der Waals surface area contributed by atoms with E-state index in [-0.39, 0.29) is 6.10 Å². The maximum Gasteiger partial charge on any atom is 0.316 e. The number of fused-ring (bicyclic) bond motifs is 2. The molecule has 1 N–H and O–H groups in total. The SMILES string of the molecule is [2H]C(CO)(C(=O)O[C@H]1CC2CC[C@H](C1)N2C)c1ccccc1. The highest BCUT2D eigenvalue weighted by Gasteiger charge is 2.40. The van der Waals surface area contributed by atoms with Crippen molar-refractivity contribution in [3.05, 3.63) is 35.9 Å². The van der Waals surface area contributed by atoms with Gasteiger partial charge in [-0.1, -0.05) is 30.3 Å². The third-order valence-electron chi connectivity index (χ3n) is 4.86. The number of nitrogens with zero attached hydrogens (tertiary/aromatic N) is 1. The van der Waals surface area contributed by atoms with E-state index in [1.807, 2.05) is 6.07 Å². The van der Waals surface area contributed by atoms with Crippen molar-refractivity contribution < 1.29 is 16.0 Å². The Kier molecular flexibility index (Phi) is 3.90. The number of hydrogen-bond acceptors (Lipinski definition) is 4. The molecule has 4 atom stereocenters. The van der Waals surface area contributed by atoms with Crippen LogP contribution in [0, 0.1) is 0 Å². The number of piperidine rings is 1. The molecule has 3 rings (SSSR count). The number of rotatable bonds is 4. The van der Waals surface area contributed by atoms with Crippen LogP contribution in [0.3, 0.4) is 0 Å². The smallest absolute Gasteiger partial charge is 0.316 e. The maximum atomic E-state index is 12.5. The molecule has 2 aliphatic heterocycles. The summed E-state index contributed by atoms with van der Waals surface area (Å²) < 4.78 is 14.0. The molecule has 21 heavy (non-hydrogen) atoms. The molecular formula is C17H23NO3. The first-order chi connectivity index (χ1) is 10.5. The molecule has 0 amide bonds. The van der Waals surface area contributed by atoms with Gasteiger partial charge in [-0.2, -0.15) is 0 Å². The van der Waals surface area contributed by atoms with Crippen molar-refractivity contribution in [2.75, 3.05) is 13.7 Å². The minimum absolute atomic E-state index is 0.138. The van der Waals surface area contributed by atoms with Crippen molar-refractivity contribution in [3.8, 4) is 0 Å². The van der Waals surface area contributed by atoms with Crippen LogP contribution in [-0.4, -0.2) is 47.8 Å². The molecule has 0 aromatic heterocycles. The van der Waals surface area contributed by atoms with Gasteiger partial charge in [0.25, 0.3) is 0 Å². The highest BCUT2D eigenvalue weighted by molar-refractivity contribution is 5.78. The van der Waals surface area contributed by atoms with E-state index in [0.717, 1.165) is 25.7 Å². The molecule has 0 saturated carbocycles. The van der Waals surface area contributed by atoms with Crippen molar-refractivity contribution in [3.63, 3.8) is 0 Å². The Bertz CT molecular complexity index is 524. The lowest BCUT2D eigenvalue weighted by Crippen LogP contribution is -2.43. The number of aliphatic hydroxyl groups is 1. The largest absolute Gasteiger partial charge is 0.462 e. The second-order valence-corrected chi connectivity index (χ2v) is 6.05. The molecule has 4 nitrogen and oxygen atoms in total. The summed E-state index contributed by atoms with van der Waals surface area (Å²) in [4.78, 5) is 14.9. The van der Waals surface area contributed by atoms with E-state index in [9.17, 15) is 9.90 Å². The van der Waals surface area contributed by atoms with Crippen LogP contribution in [0.1, 0.15) is 38.5 Å². The van der Waals surface area contributed by atoms with Crippen molar-refractivity contribution in [2.45, 2.75) is 49.8 Å². The molecule has 2 saturated heterocycles. The molecule has 2 fully saturated rings. The second kappa shape index (κ2) is 6.16. The summed E-state index contributed by atoms with van der Waals surface area (Å²) in [5.74, 6) is -2.38. The first-order valence-electron chi connectivity index (χ1n) is 8.14. The van der Waals surface area contributed by atoms with Crippen molar-refractivity contribution in [1.82, 2.24) is 4.90 Å². The van der Waals surface area contributed by atoms with E-state index < -0.39 is 18.5 Å². The number of benzene rings is 1. The molecule has 2 heterocycles. The van der Waals surface area contributed by atoms with Gasteiger partial charge in [0.15, 0.2) is 0 Å². The third-order valence-corrected chi connectivity index (χ3v) is 4.86. The molecule has 2 aliphatic rings. The van der Waals surface area contributed by atoms with Crippen molar-refractivity contribution >= 4 is 5.97 Å². The normalized spacial score (nSPS) is 32.3. The van der Waals surface area contributed by atoms with Crippen LogP contribution in [0.4, 0.5) is 0 Å². The molecule has 114 valence electrons. The zero-order chi connectivity index (χ0) is 15.7. The molecule has 0 aliphatic carbocycles. The molecule has 1 aromatic carbocycles. The highest BCUT2D eigenvalue weighted by Crippen LogP contribution is 2.36. The quantitative estimate of drug-likeness (QED) is 0.861. The van der Waals surface area contributed by atoms with Crippen molar-refractivity contribution in [2.24, 2.45) is 0 Å². The highest BCUT2D eigenvalue weighted by atomic mass is 16.5. The molecule has 4 heteroatoms. The van der Waals surface area contributed by atoms with E-state index in [1.54, 1.807) is 24.3 Å². The van der Waals surface area contributed by atoms with Gasteiger partial charge in [-0.25, -0.2) is 0 Å². The summed E-state index contributed by atoms with van der Waals surface area (Å²) in [5.41, 5.74) is 0.471. The number of ether oxygens (including phenoxy) is 1. The molecule has 2 bridgehead atoms. The Morgan fingerprint density at radius 1 is 1.38 bits per heavy atom. The van der Waals surface area contributed by atoms with Gasteiger partial charge >= 0.3 is 5.97 Å². The van der Waals surface area contributed by atoms with E-state index >= 15 is 0 Å². The van der Waals surface area contributed by atoms with Gasteiger partial charge in [0.1, 0.15) is 12.0 Å². The van der Waals surface area contributed by atoms with E-state index in [4.69, 9.17) is 6.11 Å². The maximum absolute atomic E-state index is 12.5. The summed E-state index contributed by atoms with van der Waals surface area (Å²) in [7, 11) is 2.13. The van der Waals surface area contributed by atoms with Crippen LogP contribution in [0.15, 0.2) is 30.3 Å². The van der Waals surface area contributed by atoms with Crippen molar-refractivity contribution in [1.29, 1.82) is 0 Å². The lowest BCUT2D eigenvalue weighted by atomic mass is 9.98. The lowest BCUT2D eigenvalue weighted by molar-refractivity contribution is -0.155. The molecule has 0 spiro atoms. The average Bonchev–Trinajstić information content (AvgIpc) is 2.76. The average molecular weight is 290 g/mol. The van der Waals surface area contributed by atoms with Crippen LogP contribution in [0.2, 0.25) is 0 Å². The Labute approximate surface area is 127 Å². The molecule has 0 radical (unpaired) electrons. The number of carbonyl (C=O) groups excluding carboxylic acids is 1. The van der Waals surface area contributed by atoms with E-state index in [2.05, 4.69) is 11.9 Å². The predicted octanol–water partition coefficient (Wildman–Crippen LogP) is 1.93. The topological polar surface area (TPSA) is 49.8 Å². The van der Waals surface area contributed by atoms with Gasteiger partial charge in [0, 0.05) is 13.5 Å². The zero-order valence-corrected chi connectivity index (χ0v) is 12.4. The number of hydrogen-bond donors (Lipinski definition) is 1. The fraction of sp³-hybridized carbons (Fsp3) is 0.588. The fourth-order valence-electron chi connectivity index (χ4n) is 3.59. The van der Waals surface area contributed by atoms with Crippen LogP contribution < -0.4 is 0 Å². The number of aliphatic hydroxyl groups excluding tert-OH is 1. The second-order valence-electron chi connectivity index (χ2n) is 6.05. The first kappa shape index (κ1) is 13.3. The van der Waals surface area contributed by atoms with Crippen LogP contribution in [0.5, 0.6) is 0 Å². The Hall–Kier alpha value is -1.39. The molecule has 1 aromatic rings. The first-order valence-corrected chi connectivity index (χ1v) is 7.64. The minimum atomic E-state index is -1.73. The van der Waals surface area contributed by atoms with Crippen LogP contribution in [-0.2, 0) is 9.53 Å². The van der Waals surface area contributed by atoms with Crippen LogP contribution >= 0.6 is 0 Å². The Morgan fingerprint density at radius 2 is 2.00 bits per heavy atom. The number of esters is 1. The molecular weight excluding hydrogens is 266 g/mol.